The van der Waals surface area contributed by atoms with Gasteiger partial charge in [0, 0.05) is 23.4 Å². The number of carbonyl (C=O) groups excluding carboxylic acids is 1. The van der Waals surface area contributed by atoms with E-state index in [1.807, 2.05) is 6.92 Å². The highest BCUT2D eigenvalue weighted by Crippen LogP contribution is 2.23. The molecule has 1 N–H and O–H groups in total. The van der Waals surface area contributed by atoms with Crippen molar-refractivity contribution in [2.75, 3.05) is 6.61 Å². The van der Waals surface area contributed by atoms with Gasteiger partial charge < -0.3 is 10.1 Å². The lowest BCUT2D eigenvalue weighted by Crippen LogP contribution is -2.28. The molecule has 7 heteroatoms. The van der Waals surface area contributed by atoms with Gasteiger partial charge in [-0.1, -0.05) is 12.1 Å². The molecule has 3 rings (SSSR count). The van der Waals surface area contributed by atoms with Crippen molar-refractivity contribution in [2.24, 2.45) is 0 Å². The van der Waals surface area contributed by atoms with Crippen LogP contribution in [0.15, 0.2) is 48.5 Å². The molecule has 1 amide bonds. The standard InChI is InChI=1S/C21H19F2N3O2/c1-13-14(2)25-20(16-5-9-18(23)10-6-16)26-21(13)28-12-19(27)24-11-15-3-7-17(22)8-4-15/h3-10H,11-12H2,1-2H3,(H,24,27). The maximum atomic E-state index is 13.1. The van der Waals surface area contributed by atoms with Crippen molar-refractivity contribution >= 4 is 5.91 Å². The zero-order valence-corrected chi connectivity index (χ0v) is 15.5. The van der Waals surface area contributed by atoms with Crippen molar-refractivity contribution < 1.29 is 18.3 Å². The molecule has 28 heavy (non-hydrogen) atoms. The lowest BCUT2D eigenvalue weighted by molar-refractivity contribution is -0.123. The summed E-state index contributed by atoms with van der Waals surface area (Å²) >= 11 is 0. The quantitative estimate of drug-likeness (QED) is 0.704. The number of hydrogen-bond acceptors (Lipinski definition) is 4. The van der Waals surface area contributed by atoms with E-state index < -0.39 is 0 Å². The fraction of sp³-hybridized carbons (Fsp3) is 0.190. The maximum Gasteiger partial charge on any atom is 0.258 e. The van der Waals surface area contributed by atoms with Crippen molar-refractivity contribution in [1.29, 1.82) is 0 Å². The molecule has 1 aromatic heterocycles. The summed E-state index contributed by atoms with van der Waals surface area (Å²) in [4.78, 5) is 20.8. The minimum atomic E-state index is -0.345. The first-order chi connectivity index (χ1) is 13.4. The van der Waals surface area contributed by atoms with E-state index in [4.69, 9.17) is 4.74 Å². The Balaban J connectivity index is 1.65. The second kappa shape index (κ2) is 8.56. The van der Waals surface area contributed by atoms with E-state index in [0.717, 1.165) is 11.1 Å². The highest BCUT2D eigenvalue weighted by Gasteiger charge is 2.13. The lowest BCUT2D eigenvalue weighted by Gasteiger charge is -2.12. The van der Waals surface area contributed by atoms with Crippen LogP contribution < -0.4 is 10.1 Å². The molecule has 144 valence electrons. The van der Waals surface area contributed by atoms with Crippen LogP contribution in [-0.4, -0.2) is 22.5 Å². The lowest BCUT2D eigenvalue weighted by atomic mass is 10.2. The van der Waals surface area contributed by atoms with Gasteiger partial charge in [0.15, 0.2) is 12.4 Å². The second-order valence-electron chi connectivity index (χ2n) is 6.26. The fourth-order valence-electron chi connectivity index (χ4n) is 2.46. The Hall–Kier alpha value is -3.35. The maximum absolute atomic E-state index is 13.1. The molecule has 0 bridgehead atoms. The summed E-state index contributed by atoms with van der Waals surface area (Å²) in [5.41, 5.74) is 2.85. The van der Waals surface area contributed by atoms with Gasteiger partial charge >= 0.3 is 0 Å². The summed E-state index contributed by atoms with van der Waals surface area (Å²) in [5, 5.41) is 2.70. The molecule has 0 aliphatic rings. The number of nitrogens with one attached hydrogen (secondary N) is 1. The smallest absolute Gasteiger partial charge is 0.258 e. The van der Waals surface area contributed by atoms with Gasteiger partial charge in [0.25, 0.3) is 5.91 Å². The van der Waals surface area contributed by atoms with Gasteiger partial charge in [-0.3, -0.25) is 4.79 Å². The van der Waals surface area contributed by atoms with E-state index in [1.54, 1.807) is 31.2 Å². The zero-order chi connectivity index (χ0) is 20.1. The first-order valence-electron chi connectivity index (χ1n) is 8.67. The van der Waals surface area contributed by atoms with Gasteiger partial charge in [-0.05, 0) is 55.8 Å². The highest BCUT2D eigenvalue weighted by molar-refractivity contribution is 5.77. The molecule has 0 saturated carbocycles. The number of aromatic nitrogens is 2. The third-order valence-corrected chi connectivity index (χ3v) is 4.19. The van der Waals surface area contributed by atoms with Crippen LogP contribution in [0.4, 0.5) is 8.78 Å². The van der Waals surface area contributed by atoms with Crippen molar-refractivity contribution in [3.8, 4) is 17.3 Å². The number of amides is 1. The van der Waals surface area contributed by atoms with Crippen molar-refractivity contribution in [3.05, 3.63) is 77.0 Å². The van der Waals surface area contributed by atoms with Gasteiger partial charge in [0.05, 0.1) is 0 Å². The summed E-state index contributed by atoms with van der Waals surface area (Å²) in [6, 6.07) is 11.7. The van der Waals surface area contributed by atoms with E-state index in [9.17, 15) is 13.6 Å². The van der Waals surface area contributed by atoms with E-state index in [-0.39, 0.29) is 30.7 Å². The van der Waals surface area contributed by atoms with Gasteiger partial charge in [-0.25, -0.2) is 13.8 Å². The Kier molecular flexibility index (Phi) is 5.93. The van der Waals surface area contributed by atoms with Crippen molar-refractivity contribution in [1.82, 2.24) is 15.3 Å². The van der Waals surface area contributed by atoms with Crippen LogP contribution in [0, 0.1) is 25.5 Å². The normalized spacial score (nSPS) is 10.6. The van der Waals surface area contributed by atoms with Crippen molar-refractivity contribution in [3.63, 3.8) is 0 Å². The SMILES string of the molecule is Cc1nc(-c2ccc(F)cc2)nc(OCC(=O)NCc2ccc(F)cc2)c1C. The topological polar surface area (TPSA) is 64.1 Å². The predicted octanol–water partition coefficient (Wildman–Crippen LogP) is 3.73. The molecular formula is C21H19F2N3O2. The number of carbonyl (C=O) groups is 1. The van der Waals surface area contributed by atoms with Crippen molar-refractivity contribution in [2.45, 2.75) is 20.4 Å². The molecular weight excluding hydrogens is 364 g/mol. The monoisotopic (exact) mass is 383 g/mol. The van der Waals surface area contributed by atoms with Crippen LogP contribution in [0.3, 0.4) is 0 Å². The average Bonchev–Trinajstić information content (AvgIpc) is 2.69. The van der Waals surface area contributed by atoms with Gasteiger partial charge in [0.2, 0.25) is 5.88 Å². The fourth-order valence-corrected chi connectivity index (χ4v) is 2.46. The predicted molar refractivity (Wildman–Crippen MR) is 101 cm³/mol. The summed E-state index contributed by atoms with van der Waals surface area (Å²) in [6.07, 6.45) is 0. The Morgan fingerprint density at radius 3 is 2.21 bits per heavy atom. The van der Waals surface area contributed by atoms with E-state index in [2.05, 4.69) is 15.3 Å². The highest BCUT2D eigenvalue weighted by atomic mass is 19.1. The molecule has 3 aromatic rings. The number of halogens is 2. The minimum Gasteiger partial charge on any atom is -0.467 e. The number of rotatable bonds is 6. The Bertz CT molecular complexity index is 974. The third kappa shape index (κ3) is 4.88. The molecule has 0 aliphatic carbocycles. The molecule has 0 radical (unpaired) electrons. The van der Waals surface area contributed by atoms with Crippen LogP contribution in [0.1, 0.15) is 16.8 Å². The molecule has 1 heterocycles. The largest absolute Gasteiger partial charge is 0.467 e. The van der Waals surface area contributed by atoms with Gasteiger partial charge in [0.1, 0.15) is 11.6 Å². The molecule has 5 nitrogen and oxygen atoms in total. The van der Waals surface area contributed by atoms with E-state index >= 15 is 0 Å². The van der Waals surface area contributed by atoms with Crippen LogP contribution in [0.2, 0.25) is 0 Å². The number of aryl methyl sites for hydroxylation is 1. The van der Waals surface area contributed by atoms with Crippen LogP contribution in [0.5, 0.6) is 5.88 Å². The summed E-state index contributed by atoms with van der Waals surface area (Å²) in [6.45, 7) is 3.66. The molecule has 0 fully saturated rings. The minimum absolute atomic E-state index is 0.221. The number of ether oxygens (including phenoxy) is 1. The summed E-state index contributed by atoms with van der Waals surface area (Å²) < 4.78 is 31.6. The summed E-state index contributed by atoms with van der Waals surface area (Å²) in [5.74, 6) is -0.316. The van der Waals surface area contributed by atoms with E-state index in [0.29, 0.717) is 23.0 Å². The second-order valence-corrected chi connectivity index (χ2v) is 6.26. The molecule has 0 atom stereocenters. The molecule has 0 spiro atoms. The Labute approximate surface area is 161 Å². The van der Waals surface area contributed by atoms with Crippen LogP contribution in [0.25, 0.3) is 11.4 Å². The Morgan fingerprint density at radius 2 is 1.57 bits per heavy atom. The Morgan fingerprint density at radius 1 is 0.964 bits per heavy atom. The van der Waals surface area contributed by atoms with E-state index in [1.165, 1.54) is 24.3 Å². The molecule has 2 aromatic carbocycles. The number of hydrogen-bond donors (Lipinski definition) is 1. The average molecular weight is 383 g/mol. The van der Waals surface area contributed by atoms with Gasteiger partial charge in [-0.2, -0.15) is 4.98 Å². The van der Waals surface area contributed by atoms with Gasteiger partial charge in [-0.15, -0.1) is 0 Å². The first-order valence-corrected chi connectivity index (χ1v) is 8.67. The third-order valence-electron chi connectivity index (χ3n) is 4.19. The molecule has 0 saturated heterocycles. The zero-order valence-electron chi connectivity index (χ0n) is 15.5. The molecule has 0 aliphatic heterocycles. The first kappa shape index (κ1) is 19.4. The number of nitrogens with zero attached hydrogens (tertiary/aromatic N) is 2. The molecule has 0 unspecified atom stereocenters. The van der Waals surface area contributed by atoms with Crippen LogP contribution in [-0.2, 0) is 11.3 Å². The van der Waals surface area contributed by atoms with Crippen LogP contribution >= 0.6 is 0 Å². The number of benzene rings is 2. The summed E-state index contributed by atoms with van der Waals surface area (Å²) in [7, 11) is 0.